The largest absolute Gasteiger partial charge is 0.290 e. The summed E-state index contributed by atoms with van der Waals surface area (Å²) in [7, 11) is 0. The molecule has 0 saturated carbocycles. The summed E-state index contributed by atoms with van der Waals surface area (Å²) in [5.41, 5.74) is 1.81. The van der Waals surface area contributed by atoms with Crippen molar-refractivity contribution in [2.75, 3.05) is 0 Å². The number of hydroxylamine groups is 1. The lowest BCUT2D eigenvalue weighted by Gasteiger charge is -2.11. The van der Waals surface area contributed by atoms with Gasteiger partial charge in [0.1, 0.15) is 11.3 Å². The van der Waals surface area contributed by atoms with Gasteiger partial charge in [-0.25, -0.2) is 4.99 Å². The highest BCUT2D eigenvalue weighted by Gasteiger charge is 2.18. The van der Waals surface area contributed by atoms with Crippen molar-refractivity contribution in [3.8, 4) is 0 Å². The van der Waals surface area contributed by atoms with Crippen molar-refractivity contribution in [1.29, 1.82) is 0 Å². The molecule has 0 aromatic carbocycles. The molecule has 0 amide bonds. The zero-order chi connectivity index (χ0) is 9.90. The second-order valence-electron chi connectivity index (χ2n) is 3.53. The topological polar surface area (TPSA) is 70.4 Å². The average molecular weight is 200 g/mol. The van der Waals surface area contributed by atoms with Gasteiger partial charge in [-0.15, -0.1) is 10.2 Å². The van der Waals surface area contributed by atoms with E-state index in [0.29, 0.717) is 5.13 Å². The molecule has 0 atom stereocenters. The fourth-order valence-corrected chi connectivity index (χ4v) is 1.40. The predicted octanol–water partition coefficient (Wildman–Crippen LogP) is 1.47. The Kier molecular flexibility index (Phi) is 2.94. The van der Waals surface area contributed by atoms with Crippen molar-refractivity contribution in [2.24, 2.45) is 4.99 Å². The van der Waals surface area contributed by atoms with E-state index in [2.05, 4.69) is 36.0 Å². The van der Waals surface area contributed by atoms with Crippen LogP contribution in [-0.4, -0.2) is 21.7 Å². The van der Waals surface area contributed by atoms with Gasteiger partial charge in [-0.2, -0.15) is 0 Å². The first kappa shape index (κ1) is 10.1. The Morgan fingerprint density at radius 1 is 1.46 bits per heavy atom. The van der Waals surface area contributed by atoms with E-state index in [1.807, 2.05) is 5.48 Å². The molecule has 5 nitrogen and oxygen atoms in total. The summed E-state index contributed by atoms with van der Waals surface area (Å²) in [6.45, 7) is 6.18. The number of aromatic nitrogens is 2. The van der Waals surface area contributed by atoms with Crippen LogP contribution in [0.3, 0.4) is 0 Å². The van der Waals surface area contributed by atoms with Gasteiger partial charge >= 0.3 is 0 Å². The van der Waals surface area contributed by atoms with Crippen LogP contribution in [0, 0.1) is 0 Å². The summed E-state index contributed by atoms with van der Waals surface area (Å²) in [5, 5.41) is 17.5. The third kappa shape index (κ3) is 2.74. The zero-order valence-corrected chi connectivity index (χ0v) is 8.59. The first-order chi connectivity index (χ1) is 6.04. The Morgan fingerprint density at radius 3 is 2.62 bits per heavy atom. The van der Waals surface area contributed by atoms with Crippen molar-refractivity contribution < 1.29 is 5.21 Å². The Morgan fingerprint density at radius 2 is 2.15 bits per heavy atom. The predicted molar refractivity (Wildman–Crippen MR) is 51.7 cm³/mol. The van der Waals surface area contributed by atoms with E-state index in [1.54, 1.807) is 0 Å². The molecule has 6 heteroatoms. The quantitative estimate of drug-likeness (QED) is 0.431. The fourth-order valence-electron chi connectivity index (χ4n) is 0.655. The van der Waals surface area contributed by atoms with Gasteiger partial charge < -0.3 is 0 Å². The number of hydrogen-bond acceptors (Lipinski definition) is 5. The third-order valence-corrected chi connectivity index (χ3v) is 2.55. The standard InChI is InChI=1S/C7H12N4OS/c1-7(2,3)5-10-11-6(13-5)8-4-9-12/h4,12H,1-3H3,(H,8,9,11). The van der Waals surface area contributed by atoms with Gasteiger partial charge in [-0.1, -0.05) is 32.1 Å². The number of nitrogens with zero attached hydrogens (tertiary/aromatic N) is 3. The van der Waals surface area contributed by atoms with Gasteiger partial charge in [0.25, 0.3) is 0 Å². The monoisotopic (exact) mass is 200 g/mol. The van der Waals surface area contributed by atoms with Crippen molar-refractivity contribution in [2.45, 2.75) is 26.2 Å². The second-order valence-corrected chi connectivity index (χ2v) is 4.48. The summed E-state index contributed by atoms with van der Waals surface area (Å²) in [4.78, 5) is 3.82. The molecule has 1 aromatic heterocycles. The summed E-state index contributed by atoms with van der Waals surface area (Å²) in [6, 6.07) is 0. The maximum atomic E-state index is 8.25. The SMILES string of the molecule is CC(C)(C)c1nnc(N=CNO)s1. The highest BCUT2D eigenvalue weighted by atomic mass is 32.1. The Labute approximate surface area is 80.5 Å². The molecule has 0 aliphatic heterocycles. The Bertz CT molecular complexity index is 302. The summed E-state index contributed by atoms with van der Waals surface area (Å²) < 4.78 is 0. The molecule has 0 aliphatic carbocycles. The number of hydrogen-bond donors (Lipinski definition) is 2. The summed E-state index contributed by atoms with van der Waals surface area (Å²) >= 11 is 1.41. The van der Waals surface area contributed by atoms with Crippen LogP contribution < -0.4 is 5.48 Å². The lowest BCUT2D eigenvalue weighted by Crippen LogP contribution is -2.10. The minimum atomic E-state index is -0.00190. The molecule has 0 radical (unpaired) electrons. The molecule has 0 spiro atoms. The molecule has 13 heavy (non-hydrogen) atoms. The molecule has 72 valence electrons. The molecule has 0 unspecified atom stereocenters. The Hall–Kier alpha value is -1.01. The number of aliphatic imine (C=N–C) groups is 1. The molecule has 0 saturated heterocycles. The minimum Gasteiger partial charge on any atom is -0.290 e. The van der Waals surface area contributed by atoms with Gasteiger partial charge in [0.05, 0.1) is 0 Å². The zero-order valence-electron chi connectivity index (χ0n) is 7.77. The van der Waals surface area contributed by atoms with Gasteiger partial charge in [0.15, 0.2) is 0 Å². The maximum Gasteiger partial charge on any atom is 0.233 e. The molecular weight excluding hydrogens is 188 g/mol. The molecule has 1 aromatic rings. The van der Waals surface area contributed by atoms with E-state index >= 15 is 0 Å². The summed E-state index contributed by atoms with van der Waals surface area (Å²) in [6.07, 6.45) is 1.16. The van der Waals surface area contributed by atoms with E-state index in [1.165, 1.54) is 11.3 Å². The number of rotatable bonds is 2. The van der Waals surface area contributed by atoms with E-state index in [-0.39, 0.29) is 5.41 Å². The summed E-state index contributed by atoms with van der Waals surface area (Å²) in [5.74, 6) is 0. The highest BCUT2D eigenvalue weighted by molar-refractivity contribution is 7.15. The van der Waals surface area contributed by atoms with E-state index in [0.717, 1.165) is 11.3 Å². The molecule has 0 aliphatic rings. The smallest absolute Gasteiger partial charge is 0.233 e. The highest BCUT2D eigenvalue weighted by Crippen LogP contribution is 2.28. The van der Waals surface area contributed by atoms with Crippen LogP contribution in [0.5, 0.6) is 0 Å². The lowest BCUT2D eigenvalue weighted by atomic mass is 9.98. The van der Waals surface area contributed by atoms with Gasteiger partial charge in [0, 0.05) is 5.41 Å². The third-order valence-electron chi connectivity index (χ3n) is 1.29. The molecule has 1 heterocycles. The minimum absolute atomic E-state index is 0.00190. The number of nitrogens with one attached hydrogen (secondary N) is 1. The van der Waals surface area contributed by atoms with Gasteiger partial charge in [-0.3, -0.25) is 10.7 Å². The molecule has 0 fully saturated rings. The molecule has 0 bridgehead atoms. The van der Waals surface area contributed by atoms with Crippen LogP contribution in [-0.2, 0) is 5.41 Å². The van der Waals surface area contributed by atoms with Crippen molar-refractivity contribution >= 4 is 22.8 Å². The van der Waals surface area contributed by atoms with Crippen LogP contribution in [0.1, 0.15) is 25.8 Å². The van der Waals surface area contributed by atoms with Crippen LogP contribution >= 0.6 is 11.3 Å². The molecular formula is C7H12N4OS. The van der Waals surface area contributed by atoms with E-state index in [4.69, 9.17) is 5.21 Å². The first-order valence-electron chi connectivity index (χ1n) is 3.80. The van der Waals surface area contributed by atoms with Crippen LogP contribution in [0.4, 0.5) is 5.13 Å². The second kappa shape index (κ2) is 3.80. The van der Waals surface area contributed by atoms with Gasteiger partial charge in [-0.05, 0) is 0 Å². The Balaban J connectivity index is 2.81. The van der Waals surface area contributed by atoms with Crippen molar-refractivity contribution in [3.05, 3.63) is 5.01 Å². The van der Waals surface area contributed by atoms with E-state index in [9.17, 15) is 0 Å². The van der Waals surface area contributed by atoms with Crippen molar-refractivity contribution in [3.63, 3.8) is 0 Å². The van der Waals surface area contributed by atoms with Crippen LogP contribution in [0.15, 0.2) is 4.99 Å². The molecule has 2 N–H and O–H groups in total. The normalized spacial score (nSPS) is 12.3. The molecule has 1 rings (SSSR count). The van der Waals surface area contributed by atoms with Gasteiger partial charge in [0.2, 0.25) is 5.13 Å². The lowest BCUT2D eigenvalue weighted by molar-refractivity contribution is 0.240. The maximum absolute atomic E-state index is 8.25. The van der Waals surface area contributed by atoms with Crippen LogP contribution in [0.2, 0.25) is 0 Å². The first-order valence-corrected chi connectivity index (χ1v) is 4.62. The fraction of sp³-hybridized carbons (Fsp3) is 0.571. The van der Waals surface area contributed by atoms with Crippen molar-refractivity contribution in [1.82, 2.24) is 15.7 Å². The van der Waals surface area contributed by atoms with E-state index < -0.39 is 0 Å². The van der Waals surface area contributed by atoms with Crippen LogP contribution in [0.25, 0.3) is 0 Å². The average Bonchev–Trinajstić information content (AvgIpc) is 2.47.